The minimum Gasteiger partial charge on any atom is -0.433 e. The number of benzene rings is 1. The Kier molecular flexibility index (Phi) is 7.66. The Labute approximate surface area is 161 Å². The zero-order valence-electron chi connectivity index (χ0n) is 16.2. The summed E-state index contributed by atoms with van der Waals surface area (Å²) >= 11 is 0. The van der Waals surface area contributed by atoms with Gasteiger partial charge < -0.3 is 10.1 Å². The van der Waals surface area contributed by atoms with Crippen LogP contribution in [0.15, 0.2) is 30.3 Å². The van der Waals surface area contributed by atoms with Gasteiger partial charge in [-0.3, -0.25) is 4.79 Å². The SMILES string of the molecule is CC(C)CCN(C#N)C(=O)C1(OC(=O)NCc2ccccc2)CCCCC1. The predicted octanol–water partition coefficient (Wildman–Crippen LogP) is 3.97. The van der Waals surface area contributed by atoms with Crippen LogP contribution in [-0.2, 0) is 16.1 Å². The van der Waals surface area contributed by atoms with Crippen LogP contribution in [0.1, 0.15) is 57.9 Å². The summed E-state index contributed by atoms with van der Waals surface area (Å²) in [5.74, 6) is -0.00810. The Hall–Kier alpha value is -2.55. The van der Waals surface area contributed by atoms with Crippen molar-refractivity contribution in [3.05, 3.63) is 35.9 Å². The first kappa shape index (κ1) is 20.8. The number of nitrogens with one attached hydrogen (secondary N) is 1. The molecular formula is C21H29N3O3. The summed E-state index contributed by atoms with van der Waals surface area (Å²) in [5.41, 5.74) is -0.278. The molecule has 1 saturated carbocycles. The fourth-order valence-electron chi connectivity index (χ4n) is 3.30. The number of carbonyl (C=O) groups excluding carboxylic acids is 2. The monoisotopic (exact) mass is 371 g/mol. The Bertz CT molecular complexity index is 661. The Morgan fingerprint density at radius 1 is 1.22 bits per heavy atom. The maximum atomic E-state index is 13.1. The lowest BCUT2D eigenvalue weighted by molar-refractivity contribution is -0.151. The summed E-state index contributed by atoms with van der Waals surface area (Å²) in [5, 5.41) is 12.2. The van der Waals surface area contributed by atoms with Gasteiger partial charge in [0.1, 0.15) is 0 Å². The molecular weight excluding hydrogens is 342 g/mol. The topological polar surface area (TPSA) is 82.4 Å². The second-order valence-electron chi connectivity index (χ2n) is 7.52. The molecule has 0 aromatic heterocycles. The first-order valence-corrected chi connectivity index (χ1v) is 9.69. The van der Waals surface area contributed by atoms with Gasteiger partial charge in [0.25, 0.3) is 5.91 Å². The van der Waals surface area contributed by atoms with Gasteiger partial charge in [0, 0.05) is 13.1 Å². The molecule has 1 aliphatic carbocycles. The second-order valence-corrected chi connectivity index (χ2v) is 7.52. The average Bonchev–Trinajstić information content (AvgIpc) is 2.68. The fraction of sp³-hybridized carbons (Fsp3) is 0.571. The highest BCUT2D eigenvalue weighted by Gasteiger charge is 2.46. The van der Waals surface area contributed by atoms with Crippen LogP contribution in [0.4, 0.5) is 4.79 Å². The van der Waals surface area contributed by atoms with Gasteiger partial charge in [-0.15, -0.1) is 0 Å². The van der Waals surface area contributed by atoms with E-state index in [1.807, 2.05) is 50.4 Å². The molecule has 0 radical (unpaired) electrons. The standard InChI is InChI=1S/C21H29N3O3/c1-17(2)11-14-24(16-22)19(25)21(12-7-4-8-13-21)27-20(26)23-15-18-9-5-3-6-10-18/h3,5-6,9-10,17H,4,7-8,11-15H2,1-2H3,(H,23,26). The van der Waals surface area contributed by atoms with E-state index >= 15 is 0 Å². The molecule has 0 atom stereocenters. The van der Waals surface area contributed by atoms with Crippen molar-refractivity contribution in [2.45, 2.75) is 64.5 Å². The molecule has 1 aromatic rings. The van der Waals surface area contributed by atoms with E-state index in [2.05, 4.69) is 5.32 Å². The number of amides is 2. The average molecular weight is 371 g/mol. The van der Waals surface area contributed by atoms with Gasteiger partial charge in [-0.1, -0.05) is 50.6 Å². The highest BCUT2D eigenvalue weighted by Crippen LogP contribution is 2.33. The predicted molar refractivity (Wildman–Crippen MR) is 102 cm³/mol. The van der Waals surface area contributed by atoms with Gasteiger partial charge in [0.15, 0.2) is 11.8 Å². The van der Waals surface area contributed by atoms with Crippen LogP contribution < -0.4 is 5.32 Å². The van der Waals surface area contributed by atoms with Gasteiger partial charge in [-0.2, -0.15) is 5.26 Å². The van der Waals surface area contributed by atoms with Crippen LogP contribution in [0, 0.1) is 17.4 Å². The number of hydrogen-bond donors (Lipinski definition) is 1. The molecule has 27 heavy (non-hydrogen) atoms. The number of alkyl carbamates (subject to hydrolysis) is 1. The summed E-state index contributed by atoms with van der Waals surface area (Å²) in [4.78, 5) is 26.6. The highest BCUT2D eigenvalue weighted by atomic mass is 16.6. The summed E-state index contributed by atoms with van der Waals surface area (Å²) in [6.07, 6.45) is 5.64. The van der Waals surface area contributed by atoms with Crippen molar-refractivity contribution in [2.24, 2.45) is 5.92 Å². The van der Waals surface area contributed by atoms with Crippen molar-refractivity contribution < 1.29 is 14.3 Å². The highest BCUT2D eigenvalue weighted by molar-refractivity contribution is 5.89. The lowest BCUT2D eigenvalue weighted by atomic mass is 9.83. The Morgan fingerprint density at radius 2 is 1.89 bits per heavy atom. The van der Waals surface area contributed by atoms with E-state index in [1.165, 1.54) is 0 Å². The molecule has 2 rings (SSSR count). The van der Waals surface area contributed by atoms with Gasteiger partial charge >= 0.3 is 6.09 Å². The smallest absolute Gasteiger partial charge is 0.408 e. The summed E-state index contributed by atoms with van der Waals surface area (Å²) in [7, 11) is 0. The molecule has 1 N–H and O–H groups in total. The zero-order valence-corrected chi connectivity index (χ0v) is 16.2. The molecule has 0 bridgehead atoms. The van der Waals surface area contributed by atoms with E-state index < -0.39 is 11.7 Å². The molecule has 6 heteroatoms. The van der Waals surface area contributed by atoms with E-state index in [9.17, 15) is 14.9 Å². The first-order valence-electron chi connectivity index (χ1n) is 9.69. The lowest BCUT2D eigenvalue weighted by Gasteiger charge is -2.37. The molecule has 0 heterocycles. The van der Waals surface area contributed by atoms with Crippen LogP contribution in [0.5, 0.6) is 0 Å². The third-order valence-electron chi connectivity index (χ3n) is 4.91. The van der Waals surface area contributed by atoms with E-state index in [4.69, 9.17) is 4.74 Å². The molecule has 2 amide bonds. The van der Waals surface area contributed by atoms with Gasteiger partial charge in [0.05, 0.1) is 0 Å². The van der Waals surface area contributed by atoms with E-state index in [0.29, 0.717) is 31.8 Å². The van der Waals surface area contributed by atoms with Crippen molar-refractivity contribution in [1.82, 2.24) is 10.2 Å². The molecule has 146 valence electrons. The number of nitrogens with zero attached hydrogens (tertiary/aromatic N) is 2. The maximum absolute atomic E-state index is 13.1. The van der Waals surface area contributed by atoms with E-state index in [-0.39, 0.29) is 5.91 Å². The Balaban J connectivity index is 2.04. The van der Waals surface area contributed by atoms with Gasteiger partial charge in [-0.25, -0.2) is 9.69 Å². The largest absolute Gasteiger partial charge is 0.433 e. The minimum atomic E-state index is -1.23. The van der Waals surface area contributed by atoms with Crippen LogP contribution in [0.3, 0.4) is 0 Å². The molecule has 1 aromatic carbocycles. The normalized spacial score (nSPS) is 15.6. The number of ether oxygens (including phenoxy) is 1. The lowest BCUT2D eigenvalue weighted by Crippen LogP contribution is -2.53. The van der Waals surface area contributed by atoms with Crippen LogP contribution in [0.2, 0.25) is 0 Å². The molecule has 1 fully saturated rings. The summed E-state index contributed by atoms with van der Waals surface area (Å²) in [6.45, 7) is 4.77. The first-order chi connectivity index (χ1) is 13.0. The van der Waals surface area contributed by atoms with Crippen LogP contribution >= 0.6 is 0 Å². The number of hydrogen-bond acceptors (Lipinski definition) is 4. The maximum Gasteiger partial charge on any atom is 0.408 e. The molecule has 0 aliphatic heterocycles. The van der Waals surface area contributed by atoms with Gasteiger partial charge in [-0.05, 0) is 43.6 Å². The third-order valence-corrected chi connectivity index (χ3v) is 4.91. The number of rotatable bonds is 7. The van der Waals surface area contributed by atoms with E-state index in [1.54, 1.807) is 0 Å². The molecule has 0 unspecified atom stereocenters. The minimum absolute atomic E-state index is 0.333. The molecule has 0 spiro atoms. The number of carbonyl (C=O) groups is 2. The van der Waals surface area contributed by atoms with Crippen molar-refractivity contribution >= 4 is 12.0 Å². The second kappa shape index (κ2) is 9.96. The molecule has 1 aliphatic rings. The van der Waals surface area contributed by atoms with Crippen molar-refractivity contribution in [3.63, 3.8) is 0 Å². The van der Waals surface area contributed by atoms with Crippen LogP contribution in [0.25, 0.3) is 0 Å². The molecule has 6 nitrogen and oxygen atoms in total. The van der Waals surface area contributed by atoms with Crippen LogP contribution in [-0.4, -0.2) is 29.0 Å². The van der Waals surface area contributed by atoms with Gasteiger partial charge in [0.2, 0.25) is 0 Å². The number of nitriles is 1. The molecule has 0 saturated heterocycles. The fourth-order valence-corrected chi connectivity index (χ4v) is 3.30. The zero-order chi connectivity index (χ0) is 19.7. The van der Waals surface area contributed by atoms with Crippen molar-refractivity contribution in [3.8, 4) is 6.19 Å². The van der Waals surface area contributed by atoms with Crippen molar-refractivity contribution in [2.75, 3.05) is 6.54 Å². The third kappa shape index (κ3) is 5.99. The Morgan fingerprint density at radius 3 is 2.48 bits per heavy atom. The quantitative estimate of drug-likeness (QED) is 0.581. The summed E-state index contributed by atoms with van der Waals surface area (Å²) in [6, 6.07) is 9.52. The summed E-state index contributed by atoms with van der Waals surface area (Å²) < 4.78 is 5.66. The van der Waals surface area contributed by atoms with E-state index in [0.717, 1.165) is 36.1 Å². The van der Waals surface area contributed by atoms with Crippen molar-refractivity contribution in [1.29, 1.82) is 5.26 Å².